The van der Waals surface area contributed by atoms with E-state index in [1.54, 1.807) is 0 Å². The third-order valence-electron chi connectivity index (χ3n) is 5.35. The molecule has 26 heavy (non-hydrogen) atoms. The summed E-state index contributed by atoms with van der Waals surface area (Å²) < 4.78 is 2.56. The van der Waals surface area contributed by atoms with Crippen molar-refractivity contribution >= 4 is 18.1 Å². The van der Waals surface area contributed by atoms with Crippen LogP contribution in [0.3, 0.4) is 0 Å². The van der Waals surface area contributed by atoms with E-state index in [2.05, 4.69) is 41.4 Å². The fourth-order valence-electron chi connectivity index (χ4n) is 3.73. The Bertz CT molecular complexity index is 783. The summed E-state index contributed by atoms with van der Waals surface area (Å²) in [5.41, 5.74) is 1.34. The second kappa shape index (κ2) is 8.62. The number of carbonyl (C=O) groups is 1. The lowest BCUT2D eigenvalue weighted by molar-refractivity contribution is -0.133. The summed E-state index contributed by atoms with van der Waals surface area (Å²) in [5, 5.41) is 7.22. The minimum atomic E-state index is 0.269. The molecule has 1 N–H and O–H groups in total. The first-order valence-corrected chi connectivity index (χ1v) is 9.88. The van der Waals surface area contributed by atoms with Crippen LogP contribution in [0.4, 0.5) is 0 Å². The van der Waals surface area contributed by atoms with Gasteiger partial charge in [-0.25, -0.2) is 0 Å². The van der Waals surface area contributed by atoms with Crippen molar-refractivity contribution in [1.82, 2.24) is 19.7 Å². The van der Waals surface area contributed by atoms with Gasteiger partial charge in [-0.2, -0.15) is 5.10 Å². The van der Waals surface area contributed by atoms with E-state index in [1.807, 2.05) is 22.6 Å². The number of hydrogen-bond donors (Lipinski definition) is 1. The maximum absolute atomic E-state index is 12.8. The number of aromatic nitrogens is 3. The number of likely N-dealkylation sites (tertiary alicyclic amines) is 1. The molecule has 1 aliphatic heterocycles. The Morgan fingerprint density at radius 1 is 1.38 bits per heavy atom. The fourth-order valence-corrected chi connectivity index (χ4v) is 3.86. The van der Waals surface area contributed by atoms with Crippen molar-refractivity contribution in [3.8, 4) is 0 Å². The van der Waals surface area contributed by atoms with Crippen LogP contribution in [0.1, 0.15) is 49.9 Å². The normalized spacial score (nSPS) is 18.7. The lowest BCUT2D eigenvalue weighted by Crippen LogP contribution is -2.40. The second-order valence-electron chi connectivity index (χ2n) is 7.46. The highest BCUT2D eigenvalue weighted by atomic mass is 32.1. The van der Waals surface area contributed by atoms with Gasteiger partial charge in [0.15, 0.2) is 4.77 Å². The molecule has 0 saturated carbocycles. The third-order valence-corrected chi connectivity index (χ3v) is 5.71. The number of aryl methyl sites for hydroxylation is 1. The van der Waals surface area contributed by atoms with E-state index in [-0.39, 0.29) is 11.8 Å². The molecule has 1 aromatic carbocycles. The van der Waals surface area contributed by atoms with Crippen LogP contribution < -0.4 is 0 Å². The highest BCUT2D eigenvalue weighted by Gasteiger charge is 2.28. The average Bonchev–Trinajstić information content (AvgIpc) is 3.00. The van der Waals surface area contributed by atoms with Gasteiger partial charge in [-0.15, -0.1) is 0 Å². The standard InChI is InChI=1S/C20H28N4OS/c1-15(10-11-16-7-4-3-5-8-16)13-18(25)24-12-6-9-17(14-24)19-21-22-20(26)23(19)2/h3-5,7-8,15,17H,6,9-14H2,1-2H3,(H,22,26). The molecule has 1 amide bonds. The van der Waals surface area contributed by atoms with Crippen molar-refractivity contribution in [3.05, 3.63) is 46.5 Å². The summed E-state index contributed by atoms with van der Waals surface area (Å²) in [7, 11) is 1.94. The smallest absolute Gasteiger partial charge is 0.222 e. The van der Waals surface area contributed by atoms with Crippen LogP contribution in [0.5, 0.6) is 0 Å². The molecular weight excluding hydrogens is 344 g/mol. The van der Waals surface area contributed by atoms with E-state index >= 15 is 0 Å². The molecule has 1 fully saturated rings. The lowest BCUT2D eigenvalue weighted by Gasteiger charge is -2.33. The van der Waals surface area contributed by atoms with Gasteiger partial charge in [-0.05, 0) is 49.4 Å². The maximum Gasteiger partial charge on any atom is 0.222 e. The first-order valence-electron chi connectivity index (χ1n) is 9.47. The number of benzene rings is 1. The van der Waals surface area contributed by atoms with Crippen molar-refractivity contribution < 1.29 is 4.79 Å². The van der Waals surface area contributed by atoms with E-state index in [0.29, 0.717) is 17.1 Å². The Hall–Kier alpha value is -1.95. The van der Waals surface area contributed by atoms with Gasteiger partial charge < -0.3 is 9.47 Å². The van der Waals surface area contributed by atoms with E-state index < -0.39 is 0 Å². The Kier molecular flexibility index (Phi) is 6.25. The molecule has 0 radical (unpaired) electrons. The molecule has 0 spiro atoms. The number of nitrogens with zero attached hydrogens (tertiary/aromatic N) is 3. The SMILES string of the molecule is CC(CCc1ccccc1)CC(=O)N1CCCC(c2n[nH]c(=S)n2C)C1. The van der Waals surface area contributed by atoms with Crippen LogP contribution in [-0.2, 0) is 18.3 Å². The predicted molar refractivity (Wildman–Crippen MR) is 105 cm³/mol. The molecule has 1 saturated heterocycles. The van der Waals surface area contributed by atoms with Gasteiger partial charge in [-0.1, -0.05) is 37.3 Å². The van der Waals surface area contributed by atoms with Gasteiger partial charge in [0.25, 0.3) is 0 Å². The molecule has 3 rings (SSSR count). The number of carbonyl (C=O) groups excluding carboxylic acids is 1. The van der Waals surface area contributed by atoms with E-state index in [4.69, 9.17) is 12.2 Å². The van der Waals surface area contributed by atoms with E-state index in [9.17, 15) is 4.79 Å². The van der Waals surface area contributed by atoms with Crippen molar-refractivity contribution in [2.75, 3.05) is 13.1 Å². The monoisotopic (exact) mass is 372 g/mol. The molecular formula is C20H28N4OS. The molecule has 0 bridgehead atoms. The van der Waals surface area contributed by atoms with Crippen LogP contribution in [0.2, 0.25) is 0 Å². The highest BCUT2D eigenvalue weighted by molar-refractivity contribution is 7.71. The molecule has 5 nitrogen and oxygen atoms in total. The zero-order chi connectivity index (χ0) is 18.5. The van der Waals surface area contributed by atoms with Gasteiger partial charge in [0, 0.05) is 32.5 Å². The third kappa shape index (κ3) is 4.61. The Morgan fingerprint density at radius 2 is 2.15 bits per heavy atom. The molecule has 140 valence electrons. The number of aromatic amines is 1. The second-order valence-corrected chi connectivity index (χ2v) is 7.85. The van der Waals surface area contributed by atoms with Crippen LogP contribution in [-0.4, -0.2) is 38.7 Å². The Labute approximate surface area is 160 Å². The number of H-pyrrole nitrogens is 1. The lowest BCUT2D eigenvalue weighted by atomic mass is 9.94. The summed E-state index contributed by atoms with van der Waals surface area (Å²) in [6, 6.07) is 10.5. The zero-order valence-electron chi connectivity index (χ0n) is 15.6. The first kappa shape index (κ1) is 18.8. The van der Waals surface area contributed by atoms with E-state index in [0.717, 1.165) is 44.6 Å². The van der Waals surface area contributed by atoms with E-state index in [1.165, 1.54) is 5.56 Å². The number of hydrogen-bond acceptors (Lipinski definition) is 3. The number of piperidine rings is 1. The molecule has 1 aliphatic rings. The van der Waals surface area contributed by atoms with Gasteiger partial charge >= 0.3 is 0 Å². The summed E-state index contributed by atoms with van der Waals surface area (Å²) in [6.45, 7) is 3.78. The topological polar surface area (TPSA) is 53.9 Å². The van der Waals surface area contributed by atoms with Crippen molar-refractivity contribution in [3.63, 3.8) is 0 Å². The molecule has 2 atom stereocenters. The van der Waals surface area contributed by atoms with Gasteiger partial charge in [-0.3, -0.25) is 9.89 Å². The van der Waals surface area contributed by atoms with Crippen LogP contribution in [0, 0.1) is 10.7 Å². The van der Waals surface area contributed by atoms with Gasteiger partial charge in [0.05, 0.1) is 0 Å². The summed E-state index contributed by atoms with van der Waals surface area (Å²) >= 11 is 5.22. The predicted octanol–water partition coefficient (Wildman–Crippen LogP) is 3.84. The molecule has 0 aliphatic carbocycles. The fraction of sp³-hybridized carbons (Fsp3) is 0.550. The van der Waals surface area contributed by atoms with Gasteiger partial charge in [0.1, 0.15) is 5.82 Å². The van der Waals surface area contributed by atoms with Crippen molar-refractivity contribution in [2.24, 2.45) is 13.0 Å². The summed E-state index contributed by atoms with van der Waals surface area (Å²) in [4.78, 5) is 14.8. The van der Waals surface area contributed by atoms with Crippen LogP contribution in [0.25, 0.3) is 0 Å². The minimum Gasteiger partial charge on any atom is -0.342 e. The minimum absolute atomic E-state index is 0.269. The number of nitrogens with one attached hydrogen (secondary N) is 1. The first-order chi connectivity index (χ1) is 12.5. The Balaban J connectivity index is 1.52. The molecule has 6 heteroatoms. The maximum atomic E-state index is 12.8. The van der Waals surface area contributed by atoms with Crippen molar-refractivity contribution in [1.29, 1.82) is 0 Å². The summed E-state index contributed by atoms with van der Waals surface area (Å²) in [5.74, 6) is 1.89. The quantitative estimate of drug-likeness (QED) is 0.784. The summed E-state index contributed by atoms with van der Waals surface area (Å²) in [6.07, 6.45) is 4.77. The Morgan fingerprint density at radius 3 is 2.85 bits per heavy atom. The van der Waals surface area contributed by atoms with Crippen molar-refractivity contribution in [2.45, 2.75) is 44.9 Å². The van der Waals surface area contributed by atoms with Crippen LogP contribution in [0.15, 0.2) is 30.3 Å². The van der Waals surface area contributed by atoms with Gasteiger partial charge in [0.2, 0.25) is 5.91 Å². The molecule has 2 unspecified atom stereocenters. The van der Waals surface area contributed by atoms with Crippen LogP contribution >= 0.6 is 12.2 Å². The molecule has 1 aromatic heterocycles. The number of rotatable bonds is 6. The molecule has 2 heterocycles. The zero-order valence-corrected chi connectivity index (χ0v) is 16.5. The number of amides is 1. The highest BCUT2D eigenvalue weighted by Crippen LogP contribution is 2.26. The largest absolute Gasteiger partial charge is 0.342 e. The average molecular weight is 373 g/mol. The molecule has 2 aromatic rings.